The van der Waals surface area contributed by atoms with Crippen molar-refractivity contribution in [1.29, 1.82) is 0 Å². The Morgan fingerprint density at radius 3 is 1.09 bits per heavy atom. The zero-order valence-corrected chi connectivity index (χ0v) is 65.1. The molecule has 0 N–H and O–H groups in total. The maximum Gasteiger partial charge on any atom is 0.0546 e. The molecule has 0 atom stereocenters. The summed E-state index contributed by atoms with van der Waals surface area (Å²) < 4.78 is 10.2. The van der Waals surface area contributed by atoms with Crippen molar-refractivity contribution in [2.75, 3.05) is 9.80 Å². The van der Waals surface area contributed by atoms with Gasteiger partial charge in [0.15, 0.2) is 0 Å². The first-order valence-electron chi connectivity index (χ1n) is 38.8. The minimum Gasteiger partial charge on any atom is -0.310 e. The molecule has 0 fully saturated rings. The summed E-state index contributed by atoms with van der Waals surface area (Å²) in [7, 11) is 0. The van der Waals surface area contributed by atoms with E-state index in [4.69, 9.17) is 0 Å². The predicted octanol–water partition coefficient (Wildman–Crippen LogP) is 33.1. The largest absolute Gasteiger partial charge is 0.310 e. The van der Waals surface area contributed by atoms with E-state index in [0.717, 1.165) is 73.1 Å². The van der Waals surface area contributed by atoms with Crippen LogP contribution in [0.2, 0.25) is 0 Å². The van der Waals surface area contributed by atoms with Crippen LogP contribution >= 0.6 is 45.3 Å². The molecule has 4 heterocycles. The Hall–Kier alpha value is -13.6. The minimum atomic E-state index is 1.06. The summed E-state index contributed by atoms with van der Waals surface area (Å²) in [6.45, 7) is 0. The lowest BCUT2D eigenvalue weighted by atomic mass is 9.87. The lowest BCUT2D eigenvalue weighted by Crippen LogP contribution is -2.12. The maximum atomic E-state index is 2.52. The standard InChI is InChI=1S/C108H68N2S4/c1-5-27-69(28-6-1)80-35-13-15-38-88(80)104-82(71-31-9-3-10-32-71)42-24-47-95(104)109(76-57-53-73(54-58-76)84-44-26-52-101-106(84)91-40-18-21-50-98(91)111-101)78-62-64-100-94(67-78)90-46-23-45-85(108(90)114-100)75-65-93(107-92-41-19-22-51-99(92)113-103(107)66-75)74-55-59-77(60-56-74)110(79-61-63-87-86-37-17-20-49-97(86)112-102(87)68-79)96-48-25-43-83(72-33-11-4-12-34-72)105(96)89-39-16-14-36-81(89)70-29-7-2-8-30-70/h1-68H. The molecular weight excluding hydrogens is 1450 g/mol. The molecule has 22 rings (SSSR count). The van der Waals surface area contributed by atoms with Gasteiger partial charge in [-0.1, -0.05) is 309 Å². The van der Waals surface area contributed by atoms with Crippen LogP contribution in [0.1, 0.15) is 0 Å². The van der Waals surface area contributed by atoms with Crippen LogP contribution in [0.15, 0.2) is 413 Å². The van der Waals surface area contributed by atoms with Crippen LogP contribution < -0.4 is 9.80 Å². The number of thiophene rings is 4. The van der Waals surface area contributed by atoms with Crippen molar-refractivity contribution in [2.24, 2.45) is 0 Å². The zero-order valence-electron chi connectivity index (χ0n) is 61.8. The van der Waals surface area contributed by atoms with Crippen molar-refractivity contribution in [3.63, 3.8) is 0 Å². The van der Waals surface area contributed by atoms with E-state index < -0.39 is 0 Å². The van der Waals surface area contributed by atoms with E-state index in [1.807, 2.05) is 45.3 Å². The van der Waals surface area contributed by atoms with Crippen LogP contribution in [0.5, 0.6) is 0 Å². The monoisotopic (exact) mass is 1520 g/mol. The molecule has 0 saturated carbocycles. The second kappa shape index (κ2) is 28.3. The molecule has 0 spiro atoms. The number of benzene rings is 18. The van der Waals surface area contributed by atoms with Gasteiger partial charge in [0.25, 0.3) is 0 Å². The number of rotatable bonds is 15. The Kier molecular flexibility index (Phi) is 16.7. The summed E-state index contributed by atoms with van der Waals surface area (Å²) in [5.74, 6) is 0. The number of hydrogen-bond acceptors (Lipinski definition) is 6. The molecule has 0 radical (unpaired) electrons. The molecule has 114 heavy (non-hydrogen) atoms. The van der Waals surface area contributed by atoms with Gasteiger partial charge in [-0.2, -0.15) is 0 Å². The maximum absolute atomic E-state index is 2.52. The van der Waals surface area contributed by atoms with Gasteiger partial charge in [0.1, 0.15) is 0 Å². The average Bonchev–Trinajstić information content (AvgIpc) is 1.59. The third-order valence-electron chi connectivity index (χ3n) is 22.7. The van der Waals surface area contributed by atoms with Crippen molar-refractivity contribution in [3.8, 4) is 100 Å². The van der Waals surface area contributed by atoms with E-state index in [0.29, 0.717) is 0 Å². The second-order valence-electron chi connectivity index (χ2n) is 29.2. The molecular formula is C108H68N2S4. The fourth-order valence-corrected chi connectivity index (χ4v) is 22.2. The van der Waals surface area contributed by atoms with E-state index in [9.17, 15) is 0 Å². The highest BCUT2D eigenvalue weighted by molar-refractivity contribution is 7.27. The van der Waals surface area contributed by atoms with Gasteiger partial charge in [-0.15, -0.1) is 45.3 Å². The minimum absolute atomic E-state index is 1.06. The first kappa shape index (κ1) is 67.3. The van der Waals surface area contributed by atoms with Crippen molar-refractivity contribution >= 4 is 160 Å². The van der Waals surface area contributed by atoms with Crippen molar-refractivity contribution in [3.05, 3.63) is 413 Å². The summed E-state index contributed by atoms with van der Waals surface area (Å²) in [5.41, 5.74) is 27.7. The first-order valence-corrected chi connectivity index (χ1v) is 42.0. The van der Waals surface area contributed by atoms with Gasteiger partial charge in [-0.05, 0) is 192 Å². The topological polar surface area (TPSA) is 6.48 Å². The molecule has 22 aromatic rings. The highest BCUT2D eigenvalue weighted by atomic mass is 32.1. The summed E-state index contributed by atoms with van der Waals surface area (Å²) >= 11 is 7.50. The van der Waals surface area contributed by atoms with Gasteiger partial charge in [0.05, 0.1) is 11.4 Å². The predicted molar refractivity (Wildman–Crippen MR) is 496 cm³/mol. The summed E-state index contributed by atoms with van der Waals surface area (Å²) in [6.07, 6.45) is 0. The quantitative estimate of drug-likeness (QED) is 0.101. The molecule has 0 aliphatic carbocycles. The summed E-state index contributed by atoms with van der Waals surface area (Å²) in [6, 6.07) is 154. The molecule has 0 unspecified atom stereocenters. The number of hydrogen-bond donors (Lipinski definition) is 0. The highest BCUT2D eigenvalue weighted by Gasteiger charge is 2.28. The molecule has 18 aromatic carbocycles. The van der Waals surface area contributed by atoms with Gasteiger partial charge in [-0.3, -0.25) is 0 Å². The second-order valence-corrected chi connectivity index (χ2v) is 33.5. The summed E-state index contributed by atoms with van der Waals surface area (Å²) in [4.78, 5) is 5.02. The molecule has 6 heteroatoms. The van der Waals surface area contributed by atoms with Crippen molar-refractivity contribution in [1.82, 2.24) is 0 Å². The third kappa shape index (κ3) is 11.6. The van der Waals surface area contributed by atoms with Crippen LogP contribution in [-0.2, 0) is 0 Å². The number of nitrogens with zero attached hydrogens (tertiary/aromatic N) is 2. The smallest absolute Gasteiger partial charge is 0.0546 e. The highest BCUT2D eigenvalue weighted by Crippen LogP contribution is 2.54. The Morgan fingerprint density at radius 2 is 0.518 bits per heavy atom. The zero-order chi connectivity index (χ0) is 75.2. The lowest BCUT2D eigenvalue weighted by molar-refractivity contribution is 1.29. The summed E-state index contributed by atoms with van der Waals surface area (Å²) in [5, 5.41) is 10.1. The van der Waals surface area contributed by atoms with Crippen molar-refractivity contribution in [2.45, 2.75) is 0 Å². The van der Waals surface area contributed by atoms with Crippen LogP contribution in [0.25, 0.3) is 181 Å². The molecule has 534 valence electrons. The van der Waals surface area contributed by atoms with Crippen LogP contribution in [0.3, 0.4) is 0 Å². The molecule has 2 nitrogen and oxygen atoms in total. The van der Waals surface area contributed by atoms with Crippen LogP contribution in [0, 0.1) is 0 Å². The van der Waals surface area contributed by atoms with E-state index in [1.54, 1.807) is 0 Å². The van der Waals surface area contributed by atoms with E-state index in [1.165, 1.54) is 142 Å². The molecule has 0 aliphatic rings. The Balaban J connectivity index is 0.708. The SMILES string of the molecule is c1ccc(-c2ccccc2-c2c(-c3ccccc3)cccc2N(c2ccc(-c3cc(-c4cccc5c4sc4ccc(N(c6ccc(-c7cccc8sc9ccccc9c78)cc6)c6cccc(-c7ccccc7)c6-c6ccccc6-c6ccccc6)cc45)cc4sc5ccccc5c34)cc2)c2ccc3c(c2)sc2ccccc23)cc1. The normalized spacial score (nSPS) is 11.7. The Morgan fingerprint density at radius 1 is 0.158 bits per heavy atom. The van der Waals surface area contributed by atoms with Crippen molar-refractivity contribution < 1.29 is 0 Å². The number of fused-ring (bicyclic) bond motifs is 12. The average molecular weight is 1520 g/mol. The van der Waals surface area contributed by atoms with E-state index in [-0.39, 0.29) is 0 Å². The van der Waals surface area contributed by atoms with Gasteiger partial charge in [0.2, 0.25) is 0 Å². The van der Waals surface area contributed by atoms with E-state index in [2.05, 4.69) is 422 Å². The molecule has 0 aliphatic heterocycles. The Labute approximate surface area is 677 Å². The van der Waals surface area contributed by atoms with Crippen LogP contribution in [0.4, 0.5) is 34.1 Å². The molecule has 0 amide bonds. The van der Waals surface area contributed by atoms with Gasteiger partial charge < -0.3 is 9.80 Å². The van der Waals surface area contributed by atoms with Gasteiger partial charge in [0, 0.05) is 115 Å². The number of anilines is 6. The molecule has 0 saturated heterocycles. The van der Waals surface area contributed by atoms with Gasteiger partial charge >= 0.3 is 0 Å². The van der Waals surface area contributed by atoms with E-state index >= 15 is 0 Å². The Bertz CT molecular complexity index is 7460. The van der Waals surface area contributed by atoms with Gasteiger partial charge in [-0.25, -0.2) is 0 Å². The third-order valence-corrected chi connectivity index (χ3v) is 27.3. The fraction of sp³-hybridized carbons (Fsp3) is 0. The molecule has 4 aromatic heterocycles. The molecule has 0 bridgehead atoms. The van der Waals surface area contributed by atoms with Crippen LogP contribution in [-0.4, -0.2) is 0 Å². The lowest BCUT2D eigenvalue weighted by Gasteiger charge is -2.30. The first-order chi connectivity index (χ1) is 56.5. The fourth-order valence-electron chi connectivity index (χ4n) is 17.6.